The Morgan fingerprint density at radius 2 is 1.80 bits per heavy atom. The summed E-state index contributed by atoms with van der Waals surface area (Å²) in [6.45, 7) is 1.83. The molecular weight excluding hydrogens is 570 g/mol. The van der Waals surface area contributed by atoms with Crippen molar-refractivity contribution in [2.75, 3.05) is 18.0 Å². The molecule has 1 saturated heterocycles. The lowest BCUT2D eigenvalue weighted by molar-refractivity contribution is 0.0994. The molecule has 2 N–H and O–H groups in total. The summed E-state index contributed by atoms with van der Waals surface area (Å²) in [5.41, 5.74) is 11.5. The van der Waals surface area contributed by atoms with E-state index >= 15 is 0 Å². The summed E-state index contributed by atoms with van der Waals surface area (Å²) in [4.78, 5) is 35.2. The highest BCUT2D eigenvalue weighted by atomic mass is 32.1. The number of pyridine rings is 2. The van der Waals surface area contributed by atoms with Crippen LogP contribution in [0.4, 0.5) is 5.82 Å². The van der Waals surface area contributed by atoms with Crippen LogP contribution < -0.4 is 15.5 Å². The molecule has 1 amide bonds. The second-order valence-electron chi connectivity index (χ2n) is 11.4. The first-order valence-corrected chi connectivity index (χ1v) is 15.6. The Hall–Kier alpha value is -4.96. The van der Waals surface area contributed by atoms with Crippen molar-refractivity contribution in [3.05, 3.63) is 100 Å². The van der Waals surface area contributed by atoms with Crippen LogP contribution in [0.1, 0.15) is 35.4 Å². The van der Waals surface area contributed by atoms with Crippen LogP contribution in [0.15, 0.2) is 83.9 Å². The molecule has 9 nitrogen and oxygen atoms in total. The zero-order chi connectivity index (χ0) is 30.2. The summed E-state index contributed by atoms with van der Waals surface area (Å²) < 4.78 is 2.69. The van der Waals surface area contributed by atoms with Crippen molar-refractivity contribution in [3.63, 3.8) is 0 Å². The average Bonchev–Trinajstić information content (AvgIpc) is 3.35. The lowest BCUT2D eigenvalue weighted by atomic mass is 9.91. The summed E-state index contributed by atoms with van der Waals surface area (Å²) in [5.74, 6) is 0.857. The minimum Gasteiger partial charge on any atom is -0.364 e. The van der Waals surface area contributed by atoms with Gasteiger partial charge in [-0.3, -0.25) is 19.6 Å². The van der Waals surface area contributed by atoms with Gasteiger partial charge in [0.05, 0.1) is 15.9 Å². The van der Waals surface area contributed by atoms with E-state index in [0.717, 1.165) is 93.7 Å². The molecule has 10 heteroatoms. The van der Waals surface area contributed by atoms with Gasteiger partial charge < -0.3 is 15.2 Å². The lowest BCUT2D eigenvalue weighted by Crippen LogP contribution is -2.34. The Bertz CT molecular complexity index is 2040. The van der Waals surface area contributed by atoms with Crippen LogP contribution in [0.5, 0.6) is 0 Å². The Balaban J connectivity index is 0.999. The van der Waals surface area contributed by atoms with Crippen molar-refractivity contribution < 1.29 is 4.79 Å². The van der Waals surface area contributed by atoms with Crippen molar-refractivity contribution in [2.24, 2.45) is 18.7 Å². The van der Waals surface area contributed by atoms with E-state index in [2.05, 4.69) is 63.6 Å². The maximum absolute atomic E-state index is 12.1. The van der Waals surface area contributed by atoms with E-state index in [9.17, 15) is 9.59 Å². The minimum absolute atomic E-state index is 0.0456. The van der Waals surface area contributed by atoms with Crippen LogP contribution in [0.25, 0.3) is 43.4 Å². The van der Waals surface area contributed by atoms with Crippen molar-refractivity contribution in [2.45, 2.75) is 25.7 Å². The first-order valence-electron chi connectivity index (χ1n) is 14.8. The lowest BCUT2D eigenvalue weighted by Gasteiger charge is -2.32. The van der Waals surface area contributed by atoms with Gasteiger partial charge in [0.2, 0.25) is 0 Å². The van der Waals surface area contributed by atoms with Crippen LogP contribution in [0.3, 0.4) is 0 Å². The molecule has 0 radical (unpaired) electrons. The summed E-state index contributed by atoms with van der Waals surface area (Å²) in [6.07, 6.45) is 8.06. The van der Waals surface area contributed by atoms with E-state index in [4.69, 9.17) is 15.7 Å². The number of thiazole rings is 1. The molecule has 0 saturated carbocycles. The first-order chi connectivity index (χ1) is 21.4. The van der Waals surface area contributed by atoms with E-state index in [-0.39, 0.29) is 10.6 Å². The van der Waals surface area contributed by atoms with E-state index in [1.54, 1.807) is 10.6 Å². The van der Waals surface area contributed by atoms with Gasteiger partial charge in [-0.05, 0) is 90.6 Å². The number of piperidine rings is 1. The van der Waals surface area contributed by atoms with E-state index in [1.165, 1.54) is 11.3 Å². The number of hydrogen-bond acceptors (Lipinski definition) is 8. The molecule has 1 aliphatic heterocycles. The maximum Gasteiger partial charge on any atom is 0.307 e. The van der Waals surface area contributed by atoms with Gasteiger partial charge in [0.25, 0.3) is 5.91 Å². The van der Waals surface area contributed by atoms with Crippen LogP contribution in [-0.4, -0.2) is 43.7 Å². The Morgan fingerprint density at radius 3 is 2.55 bits per heavy atom. The smallest absolute Gasteiger partial charge is 0.307 e. The quantitative estimate of drug-likeness (QED) is 0.252. The first kappa shape index (κ1) is 27.8. The number of fused-ring (bicyclic) bond motifs is 2. The predicted molar refractivity (Wildman–Crippen MR) is 175 cm³/mol. The van der Waals surface area contributed by atoms with Crippen LogP contribution in [0.2, 0.25) is 0 Å². The molecule has 0 spiro atoms. The molecule has 1 fully saturated rings. The molecule has 7 rings (SSSR count). The van der Waals surface area contributed by atoms with Gasteiger partial charge in [0.1, 0.15) is 0 Å². The Kier molecular flexibility index (Phi) is 7.35. The summed E-state index contributed by atoms with van der Waals surface area (Å²) in [6, 6.07) is 22.3. The molecule has 0 unspecified atom stereocenters. The molecule has 0 aliphatic carbocycles. The van der Waals surface area contributed by atoms with Gasteiger partial charge in [-0.1, -0.05) is 35.6 Å². The Labute approximate surface area is 258 Å². The van der Waals surface area contributed by atoms with Crippen LogP contribution in [-0.2, 0) is 13.5 Å². The molecule has 44 heavy (non-hydrogen) atoms. The highest BCUT2D eigenvalue weighted by molar-refractivity contribution is 7.16. The molecule has 0 bridgehead atoms. The number of anilines is 1. The number of nitrogens with two attached hydrogens (primary N) is 1. The van der Waals surface area contributed by atoms with Crippen molar-refractivity contribution in [3.8, 4) is 22.4 Å². The van der Waals surface area contributed by atoms with Gasteiger partial charge >= 0.3 is 4.87 Å². The van der Waals surface area contributed by atoms with Gasteiger partial charge in [-0.2, -0.15) is 0 Å². The molecule has 4 aromatic heterocycles. The van der Waals surface area contributed by atoms with Crippen molar-refractivity contribution in [1.29, 1.82) is 0 Å². The number of carbonyl (C=O) groups excluding carboxylic acids is 1. The number of carbonyl (C=O) groups is 1. The number of amides is 1. The molecule has 1 aliphatic rings. The summed E-state index contributed by atoms with van der Waals surface area (Å²) >= 11 is 1.27. The number of benzene rings is 2. The SMILES string of the molecule is Cn1c(=O)sc2ccc(-c3cccc4cc(-c5ccc(CCC6CCN(c7ccc(C(N)=O)nn7)CC6)nc5)ncc34)cc21. The number of aromatic nitrogens is 5. The minimum atomic E-state index is -0.563. The number of hydrogen-bond donors (Lipinski definition) is 1. The fraction of sp³-hybridized carbons (Fsp3) is 0.235. The van der Waals surface area contributed by atoms with Crippen molar-refractivity contribution >= 4 is 44.1 Å². The summed E-state index contributed by atoms with van der Waals surface area (Å²) in [5, 5.41) is 10.3. The normalized spacial score (nSPS) is 14.0. The number of nitrogens with zero attached hydrogens (tertiary/aromatic N) is 6. The zero-order valence-corrected chi connectivity index (χ0v) is 25.1. The third kappa shape index (κ3) is 5.44. The van der Waals surface area contributed by atoms with E-state index < -0.39 is 5.91 Å². The summed E-state index contributed by atoms with van der Waals surface area (Å²) in [7, 11) is 1.82. The molecule has 2 aromatic carbocycles. The highest BCUT2D eigenvalue weighted by Gasteiger charge is 2.21. The predicted octanol–water partition coefficient (Wildman–Crippen LogP) is 5.62. The second kappa shape index (κ2) is 11.6. The zero-order valence-electron chi connectivity index (χ0n) is 24.3. The van der Waals surface area contributed by atoms with Gasteiger partial charge in [0.15, 0.2) is 11.5 Å². The van der Waals surface area contributed by atoms with Gasteiger partial charge in [-0.25, -0.2) is 0 Å². The van der Waals surface area contributed by atoms with Gasteiger partial charge in [0, 0.05) is 49.2 Å². The topological polar surface area (TPSA) is 120 Å². The maximum atomic E-state index is 12.1. The molecule has 6 aromatic rings. The Morgan fingerprint density at radius 1 is 0.955 bits per heavy atom. The van der Waals surface area contributed by atoms with Crippen LogP contribution >= 0.6 is 11.3 Å². The van der Waals surface area contributed by atoms with Crippen molar-refractivity contribution in [1.82, 2.24) is 24.7 Å². The average molecular weight is 602 g/mol. The highest BCUT2D eigenvalue weighted by Crippen LogP contribution is 2.33. The number of primary amides is 1. The third-order valence-electron chi connectivity index (χ3n) is 8.64. The molecule has 220 valence electrons. The second-order valence-corrected chi connectivity index (χ2v) is 12.3. The number of rotatable bonds is 7. The van der Waals surface area contributed by atoms with Crippen LogP contribution in [0, 0.1) is 5.92 Å². The number of aryl methyl sites for hydroxylation is 2. The molecular formula is C34H31N7O2S. The molecule has 0 atom stereocenters. The van der Waals surface area contributed by atoms with E-state index in [1.807, 2.05) is 31.6 Å². The van der Waals surface area contributed by atoms with E-state index in [0.29, 0.717) is 5.92 Å². The van der Waals surface area contributed by atoms with Gasteiger partial charge in [-0.15, -0.1) is 10.2 Å². The standard InChI is InChI=1S/C34H31N7O2S/c1-40-30-18-23(7-11-31(30)44-34(40)43)26-4-2-3-22-17-29(37-20-27(22)26)24-6-9-25(36-19-24)8-5-21-13-15-41(16-14-21)32-12-10-28(33(35)42)38-39-32/h2-4,6-7,9-12,17-21H,5,8,13-16H2,1H3,(H2,35,42). The monoisotopic (exact) mass is 601 g/mol. The largest absolute Gasteiger partial charge is 0.364 e. The fourth-order valence-electron chi connectivity index (χ4n) is 6.03. The fourth-order valence-corrected chi connectivity index (χ4v) is 6.89. The molecule has 5 heterocycles. The third-order valence-corrected chi connectivity index (χ3v) is 9.65.